The molecule has 0 heterocycles. The van der Waals surface area contributed by atoms with Gasteiger partial charge in [-0.2, -0.15) is 0 Å². The lowest BCUT2D eigenvalue weighted by Gasteiger charge is -2.22. The van der Waals surface area contributed by atoms with Crippen molar-refractivity contribution in [1.82, 2.24) is 5.32 Å². The summed E-state index contributed by atoms with van der Waals surface area (Å²) in [6, 6.07) is 10.9. The smallest absolute Gasteiger partial charge is 0.240 e. The van der Waals surface area contributed by atoms with Crippen LogP contribution < -0.4 is 14.4 Å². The molecule has 0 atom stereocenters. The number of benzene rings is 2. The third-order valence-electron chi connectivity index (χ3n) is 3.77. The Kier molecular flexibility index (Phi) is 7.04. The van der Waals surface area contributed by atoms with Crippen molar-refractivity contribution in [3.05, 3.63) is 58.9 Å². The van der Waals surface area contributed by atoms with Gasteiger partial charge in [-0.1, -0.05) is 23.7 Å². The van der Waals surface area contributed by atoms with Crippen molar-refractivity contribution in [3.63, 3.8) is 0 Å². The third kappa shape index (κ3) is 6.11. The predicted octanol–water partition coefficient (Wildman–Crippen LogP) is 2.61. The first-order valence-corrected chi connectivity index (χ1v) is 10.3. The molecule has 1 amide bonds. The Morgan fingerprint density at radius 3 is 2.44 bits per heavy atom. The second-order valence-corrected chi connectivity index (χ2v) is 8.13. The molecule has 0 unspecified atom stereocenters. The molecule has 9 heteroatoms. The van der Waals surface area contributed by atoms with E-state index in [0.717, 1.165) is 27.9 Å². The van der Waals surface area contributed by atoms with E-state index in [-0.39, 0.29) is 10.7 Å². The Labute approximate surface area is 162 Å². The topological polar surface area (TPSA) is 75.7 Å². The second-order valence-electron chi connectivity index (χ2n) is 5.82. The van der Waals surface area contributed by atoms with Crippen LogP contribution in [0.15, 0.2) is 42.5 Å². The summed E-state index contributed by atoms with van der Waals surface area (Å²) in [6.45, 7) is -0.0870. The molecule has 0 aromatic heterocycles. The van der Waals surface area contributed by atoms with E-state index in [4.69, 9.17) is 16.3 Å². The van der Waals surface area contributed by atoms with Crippen LogP contribution in [0.1, 0.15) is 5.56 Å². The maximum atomic E-state index is 13.3. The van der Waals surface area contributed by atoms with Gasteiger partial charge in [0, 0.05) is 6.54 Å². The van der Waals surface area contributed by atoms with Gasteiger partial charge in [0.2, 0.25) is 15.9 Å². The fourth-order valence-corrected chi connectivity index (χ4v) is 3.39. The van der Waals surface area contributed by atoms with Crippen LogP contribution in [0.4, 0.5) is 10.1 Å². The van der Waals surface area contributed by atoms with Crippen LogP contribution in [0.25, 0.3) is 0 Å². The van der Waals surface area contributed by atoms with Crippen molar-refractivity contribution in [2.24, 2.45) is 0 Å². The first-order valence-electron chi connectivity index (χ1n) is 8.03. The minimum Gasteiger partial charge on any atom is -0.497 e. The highest BCUT2D eigenvalue weighted by molar-refractivity contribution is 7.92. The minimum atomic E-state index is -3.75. The Bertz CT molecular complexity index is 904. The molecule has 2 rings (SSSR count). The number of ether oxygens (including phenoxy) is 1. The summed E-state index contributed by atoms with van der Waals surface area (Å²) in [4.78, 5) is 12.2. The molecule has 0 spiro atoms. The number of nitrogens with one attached hydrogen (secondary N) is 1. The van der Waals surface area contributed by atoms with Crippen molar-refractivity contribution < 1.29 is 22.3 Å². The molecule has 1 N–H and O–H groups in total. The molecule has 0 radical (unpaired) electrons. The van der Waals surface area contributed by atoms with Gasteiger partial charge in [-0.3, -0.25) is 9.10 Å². The number of carbonyl (C=O) groups excluding carboxylic acids is 1. The molecular formula is C18H20ClFN2O4S. The van der Waals surface area contributed by atoms with Crippen LogP contribution in [-0.4, -0.2) is 40.8 Å². The standard InChI is InChI=1S/C18H20ClFN2O4S/c1-26-15-6-3-13(4-7-15)9-10-21-18(23)12-22(27(2,24)25)14-5-8-17(20)16(19)11-14/h3-8,11H,9-10,12H2,1-2H3,(H,21,23). The average Bonchev–Trinajstić information content (AvgIpc) is 2.62. The van der Waals surface area contributed by atoms with E-state index in [1.54, 1.807) is 7.11 Å². The van der Waals surface area contributed by atoms with E-state index in [1.807, 2.05) is 24.3 Å². The molecule has 0 aliphatic rings. The van der Waals surface area contributed by atoms with Gasteiger partial charge in [-0.25, -0.2) is 12.8 Å². The number of amides is 1. The van der Waals surface area contributed by atoms with Crippen LogP contribution in [0.3, 0.4) is 0 Å². The summed E-state index contributed by atoms with van der Waals surface area (Å²) in [5, 5.41) is 2.45. The first kappa shape index (κ1) is 21.0. The average molecular weight is 415 g/mol. The van der Waals surface area contributed by atoms with Crippen molar-refractivity contribution >= 4 is 33.2 Å². The number of hydrogen-bond acceptors (Lipinski definition) is 4. The molecule has 0 fully saturated rings. The van der Waals surface area contributed by atoms with Gasteiger partial charge in [-0.05, 0) is 42.3 Å². The van der Waals surface area contributed by atoms with E-state index in [9.17, 15) is 17.6 Å². The number of halogens is 2. The molecule has 2 aromatic rings. The van der Waals surface area contributed by atoms with E-state index >= 15 is 0 Å². The Hall–Kier alpha value is -2.32. The van der Waals surface area contributed by atoms with E-state index in [0.29, 0.717) is 13.0 Å². The number of nitrogens with zero attached hydrogens (tertiary/aromatic N) is 1. The number of hydrogen-bond donors (Lipinski definition) is 1. The molecule has 0 saturated heterocycles. The zero-order valence-corrected chi connectivity index (χ0v) is 16.5. The van der Waals surface area contributed by atoms with Crippen molar-refractivity contribution in [3.8, 4) is 5.75 Å². The molecule has 27 heavy (non-hydrogen) atoms. The highest BCUT2D eigenvalue weighted by atomic mass is 35.5. The summed E-state index contributed by atoms with van der Waals surface area (Å²) in [6.07, 6.45) is 1.55. The van der Waals surface area contributed by atoms with Crippen molar-refractivity contribution in [2.75, 3.05) is 30.8 Å². The van der Waals surface area contributed by atoms with Crippen LogP contribution in [-0.2, 0) is 21.2 Å². The van der Waals surface area contributed by atoms with Crippen LogP contribution in [0.5, 0.6) is 5.75 Å². The second kappa shape index (κ2) is 9.05. The summed E-state index contributed by atoms with van der Waals surface area (Å²) in [5.74, 6) is -0.406. The first-order chi connectivity index (χ1) is 12.7. The van der Waals surface area contributed by atoms with Gasteiger partial charge in [0.1, 0.15) is 18.1 Å². The fourth-order valence-electron chi connectivity index (χ4n) is 2.36. The van der Waals surface area contributed by atoms with Gasteiger partial charge in [0.05, 0.1) is 24.1 Å². The zero-order valence-electron chi connectivity index (χ0n) is 14.9. The maximum absolute atomic E-state index is 13.3. The van der Waals surface area contributed by atoms with Gasteiger partial charge in [-0.15, -0.1) is 0 Å². The maximum Gasteiger partial charge on any atom is 0.240 e. The van der Waals surface area contributed by atoms with Crippen LogP contribution in [0.2, 0.25) is 5.02 Å². The summed E-state index contributed by atoms with van der Waals surface area (Å²) < 4.78 is 43.3. The number of carbonyl (C=O) groups is 1. The van der Waals surface area contributed by atoms with Gasteiger partial charge in [0.15, 0.2) is 0 Å². The number of sulfonamides is 1. The number of rotatable bonds is 8. The monoisotopic (exact) mass is 414 g/mol. The Morgan fingerprint density at radius 1 is 1.22 bits per heavy atom. The van der Waals surface area contributed by atoms with Gasteiger partial charge < -0.3 is 10.1 Å². The minimum absolute atomic E-state index is 0.120. The molecule has 0 bridgehead atoms. The Morgan fingerprint density at radius 2 is 1.89 bits per heavy atom. The highest BCUT2D eigenvalue weighted by Gasteiger charge is 2.21. The zero-order chi connectivity index (χ0) is 20.0. The van der Waals surface area contributed by atoms with Gasteiger partial charge >= 0.3 is 0 Å². The normalized spacial score (nSPS) is 11.1. The van der Waals surface area contributed by atoms with Crippen molar-refractivity contribution in [1.29, 1.82) is 0 Å². The lowest BCUT2D eigenvalue weighted by molar-refractivity contribution is -0.119. The molecule has 6 nitrogen and oxygen atoms in total. The number of anilines is 1. The molecular weight excluding hydrogens is 395 g/mol. The molecule has 0 aliphatic heterocycles. The fraction of sp³-hybridized carbons (Fsp3) is 0.278. The lowest BCUT2D eigenvalue weighted by atomic mass is 10.1. The predicted molar refractivity (Wildman–Crippen MR) is 103 cm³/mol. The molecule has 0 saturated carbocycles. The summed E-state index contributed by atoms with van der Waals surface area (Å²) in [7, 11) is -2.17. The van der Waals surface area contributed by atoms with Crippen LogP contribution in [0, 0.1) is 5.82 Å². The van der Waals surface area contributed by atoms with Gasteiger partial charge in [0.25, 0.3) is 0 Å². The van der Waals surface area contributed by atoms with E-state index < -0.39 is 28.3 Å². The van der Waals surface area contributed by atoms with Crippen molar-refractivity contribution in [2.45, 2.75) is 6.42 Å². The Balaban J connectivity index is 1.98. The summed E-state index contributed by atoms with van der Waals surface area (Å²) >= 11 is 5.71. The molecule has 2 aromatic carbocycles. The quantitative estimate of drug-likeness (QED) is 0.720. The SMILES string of the molecule is COc1ccc(CCNC(=O)CN(c2ccc(F)c(Cl)c2)S(C)(=O)=O)cc1. The molecule has 146 valence electrons. The third-order valence-corrected chi connectivity index (χ3v) is 5.20. The number of methoxy groups -OCH3 is 1. The lowest BCUT2D eigenvalue weighted by Crippen LogP contribution is -2.41. The summed E-state index contributed by atoms with van der Waals surface area (Å²) in [5.41, 5.74) is 1.12. The highest BCUT2D eigenvalue weighted by Crippen LogP contribution is 2.24. The largest absolute Gasteiger partial charge is 0.497 e. The molecule has 0 aliphatic carbocycles. The van der Waals surface area contributed by atoms with Crippen LogP contribution >= 0.6 is 11.6 Å². The van der Waals surface area contributed by atoms with E-state index in [2.05, 4.69) is 5.32 Å². The van der Waals surface area contributed by atoms with E-state index in [1.165, 1.54) is 12.1 Å².